The first-order valence-electron chi connectivity index (χ1n) is 4.37. The van der Waals surface area contributed by atoms with Crippen molar-refractivity contribution in [2.75, 3.05) is 39.8 Å². The van der Waals surface area contributed by atoms with Crippen LogP contribution in [0, 0.1) is 0 Å². The van der Waals surface area contributed by atoms with Crippen molar-refractivity contribution in [2.45, 2.75) is 12.8 Å². The summed E-state index contributed by atoms with van der Waals surface area (Å²) in [5.74, 6) is 0. The molecule has 0 aromatic heterocycles. The van der Waals surface area contributed by atoms with E-state index in [0.717, 1.165) is 32.6 Å². The summed E-state index contributed by atoms with van der Waals surface area (Å²) in [6, 6.07) is 0. The summed E-state index contributed by atoms with van der Waals surface area (Å²) in [6.45, 7) is 3.47. The average molecular weight is 178 g/mol. The first-order valence-corrected chi connectivity index (χ1v) is 4.37. The van der Waals surface area contributed by atoms with E-state index in [1.807, 2.05) is 11.9 Å². The van der Waals surface area contributed by atoms with Crippen molar-refractivity contribution in [3.63, 3.8) is 0 Å². The summed E-state index contributed by atoms with van der Waals surface area (Å²) in [5, 5.41) is 0. The molecule has 0 aromatic rings. The first-order chi connectivity index (χ1) is 5.68. The van der Waals surface area contributed by atoms with Crippen molar-refractivity contribution >= 4 is 0 Å². The Morgan fingerprint density at radius 1 is 1.17 bits per heavy atom. The molecule has 4 heteroatoms. The molecule has 0 spiro atoms. The van der Waals surface area contributed by atoms with Gasteiger partial charge in [-0.1, -0.05) is 0 Å². The molecular formula is C8H16F2N2. The van der Waals surface area contributed by atoms with Crippen LogP contribution >= 0.6 is 0 Å². The lowest BCUT2D eigenvalue weighted by Gasteiger charge is -2.18. The number of rotatable bonds is 2. The van der Waals surface area contributed by atoms with Gasteiger partial charge in [0.1, 0.15) is 0 Å². The van der Waals surface area contributed by atoms with Gasteiger partial charge in [0.2, 0.25) is 0 Å². The molecule has 0 unspecified atom stereocenters. The highest BCUT2D eigenvalue weighted by molar-refractivity contribution is 4.67. The molecule has 0 N–H and O–H groups in total. The molecule has 1 heterocycles. The molecule has 0 radical (unpaired) electrons. The van der Waals surface area contributed by atoms with E-state index in [4.69, 9.17) is 0 Å². The van der Waals surface area contributed by atoms with E-state index >= 15 is 0 Å². The second-order valence-electron chi connectivity index (χ2n) is 3.35. The Kier molecular flexibility index (Phi) is 3.88. The molecule has 0 aliphatic carbocycles. The number of likely N-dealkylation sites (N-methyl/N-ethyl adjacent to an activating group) is 1. The van der Waals surface area contributed by atoms with Gasteiger partial charge >= 0.3 is 0 Å². The van der Waals surface area contributed by atoms with Crippen molar-refractivity contribution in [3.05, 3.63) is 0 Å². The maximum Gasteiger partial charge on any atom is 0.251 e. The van der Waals surface area contributed by atoms with Crippen molar-refractivity contribution in [1.29, 1.82) is 0 Å². The molecule has 12 heavy (non-hydrogen) atoms. The van der Waals surface area contributed by atoms with Crippen LogP contribution < -0.4 is 0 Å². The van der Waals surface area contributed by atoms with E-state index in [2.05, 4.69) is 4.90 Å². The van der Waals surface area contributed by atoms with Gasteiger partial charge < -0.3 is 4.90 Å². The van der Waals surface area contributed by atoms with Gasteiger partial charge in [0.25, 0.3) is 6.43 Å². The Morgan fingerprint density at radius 3 is 2.58 bits per heavy atom. The van der Waals surface area contributed by atoms with Gasteiger partial charge in [-0.25, -0.2) is 8.78 Å². The number of alkyl halides is 2. The minimum Gasteiger partial charge on any atom is -0.305 e. The smallest absolute Gasteiger partial charge is 0.251 e. The lowest BCUT2D eigenvalue weighted by molar-refractivity contribution is 0.0903. The molecule has 1 aliphatic rings. The molecule has 1 rings (SSSR count). The highest BCUT2D eigenvalue weighted by Crippen LogP contribution is 2.03. The lowest BCUT2D eigenvalue weighted by Crippen LogP contribution is -2.32. The Morgan fingerprint density at radius 2 is 1.92 bits per heavy atom. The van der Waals surface area contributed by atoms with Crippen molar-refractivity contribution < 1.29 is 8.78 Å². The third-order valence-electron chi connectivity index (χ3n) is 2.21. The standard InChI is InChI=1S/C8H16F2N2/c1-11-3-2-4-12(6-5-11)7-8(9)10/h8H,2-7H2,1H3. The minimum absolute atomic E-state index is 0.0617. The van der Waals surface area contributed by atoms with Gasteiger partial charge in [0.05, 0.1) is 6.54 Å². The summed E-state index contributed by atoms with van der Waals surface area (Å²) in [4.78, 5) is 4.03. The van der Waals surface area contributed by atoms with Crippen LogP contribution in [0.1, 0.15) is 6.42 Å². The molecule has 1 aliphatic heterocycles. The molecule has 0 amide bonds. The fourth-order valence-corrected chi connectivity index (χ4v) is 1.48. The van der Waals surface area contributed by atoms with Crippen molar-refractivity contribution in [3.8, 4) is 0 Å². The molecule has 0 bridgehead atoms. The summed E-state index contributed by atoms with van der Waals surface area (Å²) < 4.78 is 24.0. The summed E-state index contributed by atoms with van der Waals surface area (Å²) in [5.41, 5.74) is 0. The van der Waals surface area contributed by atoms with Crippen LogP contribution in [0.4, 0.5) is 8.78 Å². The number of halogens is 2. The van der Waals surface area contributed by atoms with E-state index in [-0.39, 0.29) is 6.54 Å². The van der Waals surface area contributed by atoms with E-state index in [1.165, 1.54) is 0 Å². The van der Waals surface area contributed by atoms with Crippen LogP contribution in [-0.4, -0.2) is 56.0 Å². The number of nitrogens with zero attached hydrogens (tertiary/aromatic N) is 2. The van der Waals surface area contributed by atoms with Gasteiger partial charge in [0.15, 0.2) is 0 Å². The monoisotopic (exact) mass is 178 g/mol. The second-order valence-corrected chi connectivity index (χ2v) is 3.35. The molecule has 2 nitrogen and oxygen atoms in total. The second kappa shape index (κ2) is 4.72. The van der Waals surface area contributed by atoms with Gasteiger partial charge in [-0.15, -0.1) is 0 Å². The van der Waals surface area contributed by atoms with Crippen LogP contribution in [0.2, 0.25) is 0 Å². The van der Waals surface area contributed by atoms with Crippen LogP contribution in [0.15, 0.2) is 0 Å². The van der Waals surface area contributed by atoms with Crippen LogP contribution in [0.5, 0.6) is 0 Å². The summed E-state index contributed by atoms with van der Waals surface area (Å²) in [6.07, 6.45) is -1.18. The van der Waals surface area contributed by atoms with Crippen molar-refractivity contribution in [1.82, 2.24) is 9.80 Å². The van der Waals surface area contributed by atoms with E-state index in [0.29, 0.717) is 0 Å². The minimum atomic E-state index is -2.19. The quantitative estimate of drug-likeness (QED) is 0.619. The Bertz CT molecular complexity index is 130. The molecule has 0 atom stereocenters. The van der Waals surface area contributed by atoms with Crippen LogP contribution in [0.3, 0.4) is 0 Å². The Labute approximate surface area is 72.1 Å². The fraction of sp³-hybridized carbons (Fsp3) is 1.00. The zero-order valence-electron chi connectivity index (χ0n) is 7.47. The first kappa shape index (κ1) is 9.86. The Hall–Kier alpha value is -0.220. The molecule has 72 valence electrons. The van der Waals surface area contributed by atoms with E-state index in [1.54, 1.807) is 0 Å². The van der Waals surface area contributed by atoms with Gasteiger partial charge in [-0.2, -0.15) is 0 Å². The maximum absolute atomic E-state index is 12.0. The maximum atomic E-state index is 12.0. The average Bonchev–Trinajstić information content (AvgIpc) is 2.15. The number of hydrogen-bond donors (Lipinski definition) is 0. The zero-order valence-corrected chi connectivity index (χ0v) is 7.47. The SMILES string of the molecule is CN1CCCN(CC(F)F)CC1. The topological polar surface area (TPSA) is 6.48 Å². The fourth-order valence-electron chi connectivity index (χ4n) is 1.48. The van der Waals surface area contributed by atoms with E-state index in [9.17, 15) is 8.78 Å². The molecule has 1 saturated heterocycles. The Balaban J connectivity index is 2.26. The highest BCUT2D eigenvalue weighted by atomic mass is 19.3. The zero-order chi connectivity index (χ0) is 8.97. The molecule has 0 aromatic carbocycles. The molecule has 1 fully saturated rings. The summed E-state index contributed by atoms with van der Waals surface area (Å²) >= 11 is 0. The number of hydrogen-bond acceptors (Lipinski definition) is 2. The molecular weight excluding hydrogens is 162 g/mol. The normalized spacial score (nSPS) is 23.0. The van der Waals surface area contributed by atoms with Crippen LogP contribution in [0.25, 0.3) is 0 Å². The van der Waals surface area contributed by atoms with E-state index < -0.39 is 6.43 Å². The summed E-state index contributed by atoms with van der Waals surface area (Å²) in [7, 11) is 2.03. The lowest BCUT2D eigenvalue weighted by atomic mass is 10.4. The van der Waals surface area contributed by atoms with Crippen LogP contribution in [-0.2, 0) is 0 Å². The largest absolute Gasteiger partial charge is 0.305 e. The van der Waals surface area contributed by atoms with Gasteiger partial charge in [-0.05, 0) is 26.6 Å². The van der Waals surface area contributed by atoms with Crippen molar-refractivity contribution in [2.24, 2.45) is 0 Å². The third-order valence-corrected chi connectivity index (χ3v) is 2.21. The van der Waals surface area contributed by atoms with Gasteiger partial charge in [0, 0.05) is 13.1 Å². The highest BCUT2D eigenvalue weighted by Gasteiger charge is 2.15. The predicted octanol–water partition coefficient (Wildman–Crippen LogP) is 0.889. The predicted molar refractivity (Wildman–Crippen MR) is 44.6 cm³/mol. The molecule has 0 saturated carbocycles. The van der Waals surface area contributed by atoms with Gasteiger partial charge in [-0.3, -0.25) is 4.90 Å². The third kappa shape index (κ3) is 3.45.